The fourth-order valence-electron chi connectivity index (χ4n) is 2.00. The van der Waals surface area contributed by atoms with Crippen LogP contribution in [0.3, 0.4) is 0 Å². The Hall–Kier alpha value is -3.20. The summed E-state index contributed by atoms with van der Waals surface area (Å²) < 4.78 is 0. The van der Waals surface area contributed by atoms with Crippen molar-refractivity contribution in [2.24, 2.45) is 0 Å². The van der Waals surface area contributed by atoms with E-state index >= 15 is 0 Å². The average molecular weight is 303 g/mol. The molecule has 114 valence electrons. The standard InChI is InChI=1S/C10H7NO2.C10H10/c12-9-6-7-10(13)11(9)8-4-2-1-3-5-8;1-3-9-5-7-10(4-2)8-6-9/h1-7H;3-8H,1-2H2. The topological polar surface area (TPSA) is 37.4 Å². The summed E-state index contributed by atoms with van der Waals surface area (Å²) in [6, 6.07) is 16.9. The molecule has 3 rings (SSSR count). The molecule has 0 spiro atoms. The van der Waals surface area contributed by atoms with Crippen LogP contribution in [0.2, 0.25) is 0 Å². The highest BCUT2D eigenvalue weighted by molar-refractivity contribution is 6.28. The zero-order chi connectivity index (χ0) is 16.7. The highest BCUT2D eigenvalue weighted by Crippen LogP contribution is 2.17. The molecule has 2 aromatic carbocycles. The van der Waals surface area contributed by atoms with Gasteiger partial charge in [-0.25, -0.2) is 4.90 Å². The maximum absolute atomic E-state index is 11.2. The summed E-state index contributed by atoms with van der Waals surface area (Å²) in [5.41, 5.74) is 2.90. The van der Waals surface area contributed by atoms with Crippen molar-refractivity contribution >= 4 is 29.7 Å². The lowest BCUT2D eigenvalue weighted by Crippen LogP contribution is -2.29. The minimum atomic E-state index is -0.281. The molecule has 0 unspecified atom stereocenters. The van der Waals surface area contributed by atoms with Gasteiger partial charge in [0.05, 0.1) is 5.69 Å². The van der Waals surface area contributed by atoms with Gasteiger partial charge in [0.25, 0.3) is 11.8 Å². The molecule has 0 N–H and O–H groups in total. The highest BCUT2D eigenvalue weighted by Gasteiger charge is 2.24. The molecule has 1 aliphatic heterocycles. The summed E-state index contributed by atoms with van der Waals surface area (Å²) >= 11 is 0. The summed E-state index contributed by atoms with van der Waals surface area (Å²) in [4.78, 5) is 23.5. The Labute approximate surface area is 135 Å². The first-order valence-electron chi connectivity index (χ1n) is 7.12. The Morgan fingerprint density at radius 3 is 1.52 bits per heavy atom. The van der Waals surface area contributed by atoms with Crippen molar-refractivity contribution in [2.45, 2.75) is 0 Å². The number of hydrogen-bond acceptors (Lipinski definition) is 2. The van der Waals surface area contributed by atoms with Gasteiger partial charge in [0.15, 0.2) is 0 Å². The number of imide groups is 1. The maximum Gasteiger partial charge on any atom is 0.258 e. The van der Waals surface area contributed by atoms with E-state index < -0.39 is 0 Å². The summed E-state index contributed by atoms with van der Waals surface area (Å²) in [7, 11) is 0. The van der Waals surface area contributed by atoms with E-state index in [9.17, 15) is 9.59 Å². The van der Waals surface area contributed by atoms with E-state index in [4.69, 9.17) is 0 Å². The molecule has 2 aromatic rings. The van der Waals surface area contributed by atoms with Crippen LogP contribution >= 0.6 is 0 Å². The molecule has 0 radical (unpaired) electrons. The van der Waals surface area contributed by atoms with Gasteiger partial charge >= 0.3 is 0 Å². The predicted molar refractivity (Wildman–Crippen MR) is 94.7 cm³/mol. The van der Waals surface area contributed by atoms with Crippen molar-refractivity contribution in [1.82, 2.24) is 0 Å². The lowest BCUT2D eigenvalue weighted by atomic mass is 10.1. The summed E-state index contributed by atoms with van der Waals surface area (Å²) in [5, 5.41) is 0. The Kier molecular flexibility index (Phi) is 5.42. The summed E-state index contributed by atoms with van der Waals surface area (Å²) in [5.74, 6) is -0.563. The fourth-order valence-corrected chi connectivity index (χ4v) is 2.00. The molecule has 0 bridgehead atoms. The molecular weight excluding hydrogens is 286 g/mol. The van der Waals surface area contributed by atoms with Gasteiger partial charge in [0.1, 0.15) is 0 Å². The summed E-state index contributed by atoms with van der Waals surface area (Å²) in [6.45, 7) is 7.32. The number of hydrogen-bond donors (Lipinski definition) is 0. The van der Waals surface area contributed by atoms with E-state index in [1.807, 2.05) is 42.5 Å². The van der Waals surface area contributed by atoms with Gasteiger partial charge in [-0.2, -0.15) is 0 Å². The molecule has 0 aliphatic carbocycles. The molecule has 1 heterocycles. The SMILES string of the molecule is C=Cc1ccc(C=C)cc1.O=C1C=CC(=O)N1c1ccccc1. The Morgan fingerprint density at radius 1 is 0.696 bits per heavy atom. The molecule has 2 amide bonds. The van der Waals surface area contributed by atoms with Gasteiger partial charge in [-0.3, -0.25) is 9.59 Å². The van der Waals surface area contributed by atoms with Crippen LogP contribution in [0.5, 0.6) is 0 Å². The number of rotatable bonds is 3. The largest absolute Gasteiger partial charge is 0.269 e. The Bertz CT molecular complexity index is 698. The molecule has 0 fully saturated rings. The number of carbonyl (C=O) groups is 2. The van der Waals surface area contributed by atoms with Crippen LogP contribution < -0.4 is 4.90 Å². The molecule has 1 aliphatic rings. The van der Waals surface area contributed by atoms with E-state index in [2.05, 4.69) is 13.2 Å². The average Bonchev–Trinajstić information content (AvgIpc) is 2.95. The molecule has 23 heavy (non-hydrogen) atoms. The molecule has 0 saturated carbocycles. The van der Waals surface area contributed by atoms with Crippen LogP contribution in [-0.2, 0) is 9.59 Å². The quantitative estimate of drug-likeness (QED) is 0.801. The first kappa shape index (κ1) is 16.2. The minimum absolute atomic E-state index is 0.281. The van der Waals surface area contributed by atoms with Crippen molar-refractivity contribution in [3.8, 4) is 0 Å². The normalized spacial score (nSPS) is 12.6. The van der Waals surface area contributed by atoms with Crippen LogP contribution in [-0.4, -0.2) is 11.8 Å². The van der Waals surface area contributed by atoms with E-state index in [1.54, 1.807) is 24.3 Å². The summed E-state index contributed by atoms with van der Waals surface area (Å²) in [6.07, 6.45) is 6.20. The van der Waals surface area contributed by atoms with Crippen LogP contribution in [0, 0.1) is 0 Å². The first-order valence-corrected chi connectivity index (χ1v) is 7.12. The van der Waals surface area contributed by atoms with Crippen molar-refractivity contribution in [1.29, 1.82) is 0 Å². The Balaban J connectivity index is 0.000000174. The first-order chi connectivity index (χ1) is 11.2. The number of amides is 2. The van der Waals surface area contributed by atoms with Crippen LogP contribution in [0.15, 0.2) is 79.9 Å². The number of nitrogens with zero attached hydrogens (tertiary/aromatic N) is 1. The molecule has 3 nitrogen and oxygen atoms in total. The van der Waals surface area contributed by atoms with E-state index in [0.717, 1.165) is 16.0 Å². The minimum Gasteiger partial charge on any atom is -0.269 e. The highest BCUT2D eigenvalue weighted by atomic mass is 16.2. The molecular formula is C20H17NO2. The van der Waals surface area contributed by atoms with Crippen LogP contribution in [0.25, 0.3) is 12.2 Å². The van der Waals surface area contributed by atoms with Crippen molar-refractivity contribution in [3.05, 3.63) is 91.0 Å². The van der Waals surface area contributed by atoms with Crippen LogP contribution in [0.4, 0.5) is 5.69 Å². The second-order valence-corrected chi connectivity index (χ2v) is 4.76. The van der Waals surface area contributed by atoms with Gasteiger partial charge < -0.3 is 0 Å². The second-order valence-electron chi connectivity index (χ2n) is 4.76. The fraction of sp³-hybridized carbons (Fsp3) is 0. The van der Waals surface area contributed by atoms with E-state index in [1.165, 1.54) is 12.2 Å². The number of anilines is 1. The van der Waals surface area contributed by atoms with Gasteiger partial charge in [0.2, 0.25) is 0 Å². The van der Waals surface area contributed by atoms with Gasteiger partial charge in [-0.05, 0) is 23.3 Å². The lowest BCUT2D eigenvalue weighted by Gasteiger charge is -2.12. The lowest BCUT2D eigenvalue weighted by molar-refractivity contribution is -0.119. The zero-order valence-electron chi connectivity index (χ0n) is 12.7. The van der Waals surface area contributed by atoms with Gasteiger partial charge in [0, 0.05) is 12.2 Å². The van der Waals surface area contributed by atoms with E-state index in [0.29, 0.717) is 5.69 Å². The van der Waals surface area contributed by atoms with Crippen molar-refractivity contribution in [3.63, 3.8) is 0 Å². The molecule has 0 aromatic heterocycles. The zero-order valence-corrected chi connectivity index (χ0v) is 12.7. The van der Waals surface area contributed by atoms with Gasteiger partial charge in [-0.1, -0.05) is 67.8 Å². The third-order valence-corrected chi connectivity index (χ3v) is 3.23. The maximum atomic E-state index is 11.2. The molecule has 0 atom stereocenters. The van der Waals surface area contributed by atoms with Crippen molar-refractivity contribution in [2.75, 3.05) is 4.90 Å². The second kappa shape index (κ2) is 7.71. The number of carbonyl (C=O) groups excluding carboxylic acids is 2. The van der Waals surface area contributed by atoms with Crippen LogP contribution in [0.1, 0.15) is 11.1 Å². The molecule has 3 heteroatoms. The smallest absolute Gasteiger partial charge is 0.258 e. The third kappa shape index (κ3) is 4.14. The Morgan fingerprint density at radius 2 is 1.13 bits per heavy atom. The monoisotopic (exact) mass is 303 g/mol. The third-order valence-electron chi connectivity index (χ3n) is 3.23. The number of benzene rings is 2. The van der Waals surface area contributed by atoms with Crippen molar-refractivity contribution < 1.29 is 9.59 Å². The van der Waals surface area contributed by atoms with Gasteiger partial charge in [-0.15, -0.1) is 0 Å². The van der Waals surface area contributed by atoms with E-state index in [-0.39, 0.29) is 11.8 Å². The molecule has 0 saturated heterocycles. The number of para-hydroxylation sites is 1. The predicted octanol–water partition coefficient (Wildman–Crippen LogP) is 4.09.